The van der Waals surface area contributed by atoms with Gasteiger partial charge in [0.15, 0.2) is 0 Å². The summed E-state index contributed by atoms with van der Waals surface area (Å²) in [6, 6.07) is 11.0. The van der Waals surface area contributed by atoms with Crippen molar-refractivity contribution in [2.45, 2.75) is 65.5 Å². The first-order valence-corrected chi connectivity index (χ1v) is 12.0. The van der Waals surface area contributed by atoms with Gasteiger partial charge < -0.3 is 5.11 Å². The maximum Gasteiger partial charge on any atom is 0.127 e. The number of aryl methyl sites for hydroxylation is 1. The highest BCUT2D eigenvalue weighted by molar-refractivity contribution is 7.56. The van der Waals surface area contributed by atoms with Crippen molar-refractivity contribution in [3.05, 3.63) is 52.6 Å². The Bertz CT molecular complexity index is 780. The Hall–Kier alpha value is -0.900. The van der Waals surface area contributed by atoms with Gasteiger partial charge in [0.05, 0.1) is 0 Å². The number of hydrogen-bond donors (Lipinski definition) is 1. The molecule has 0 spiro atoms. The third-order valence-electron chi connectivity index (χ3n) is 4.77. The second-order valence-electron chi connectivity index (χ2n) is 9.18. The van der Waals surface area contributed by atoms with Gasteiger partial charge in [0.25, 0.3) is 0 Å². The molecule has 2 rings (SSSR count). The summed E-state index contributed by atoms with van der Waals surface area (Å²) in [6.07, 6.45) is 1.12. The van der Waals surface area contributed by atoms with Crippen LogP contribution < -0.4 is 10.6 Å². The molecule has 26 heavy (non-hydrogen) atoms. The van der Waals surface area contributed by atoms with Gasteiger partial charge in [-0.15, -0.1) is 8.58 Å². The van der Waals surface area contributed by atoms with E-state index in [1.807, 2.05) is 0 Å². The topological polar surface area (TPSA) is 20.2 Å². The number of phenols is 1. The molecule has 1 N–H and O–H groups in total. The predicted octanol–water partition coefficient (Wildman–Crippen LogP) is 5.73. The molecule has 0 bridgehead atoms. The van der Waals surface area contributed by atoms with Crippen LogP contribution in [0.25, 0.3) is 0 Å². The molecule has 2 atom stereocenters. The Morgan fingerprint density at radius 2 is 1.62 bits per heavy atom. The number of aromatic hydroxyl groups is 1. The van der Waals surface area contributed by atoms with Gasteiger partial charge in [0.2, 0.25) is 0 Å². The van der Waals surface area contributed by atoms with Crippen molar-refractivity contribution in [2.75, 3.05) is 6.66 Å². The monoisotopic (exact) mass is 388 g/mol. The van der Waals surface area contributed by atoms with Crippen LogP contribution in [-0.4, -0.2) is 11.8 Å². The van der Waals surface area contributed by atoms with E-state index in [-0.39, 0.29) is 10.8 Å². The van der Waals surface area contributed by atoms with Crippen molar-refractivity contribution >= 4 is 27.8 Å². The molecule has 0 aliphatic heterocycles. The normalized spacial score (nSPS) is 13.4. The molecule has 0 heterocycles. The minimum Gasteiger partial charge on any atom is -0.507 e. The molecule has 0 aromatic heterocycles. The van der Waals surface area contributed by atoms with Crippen molar-refractivity contribution in [1.29, 1.82) is 0 Å². The molecule has 0 amide bonds. The molecule has 3 heteroatoms. The molecule has 1 nitrogen and oxygen atoms in total. The van der Waals surface area contributed by atoms with Crippen LogP contribution in [0.2, 0.25) is 0 Å². The van der Waals surface area contributed by atoms with Crippen LogP contribution in [0.4, 0.5) is 0 Å². The fraction of sp³-hybridized carbons (Fsp3) is 0.478. The zero-order valence-electron chi connectivity index (χ0n) is 17.5. The molecule has 0 aliphatic rings. The van der Waals surface area contributed by atoms with Crippen LogP contribution in [0.1, 0.15) is 63.8 Å². The number of rotatable bonds is 4. The van der Waals surface area contributed by atoms with Gasteiger partial charge in [0.1, 0.15) is 5.75 Å². The minimum absolute atomic E-state index is 0.0618. The van der Waals surface area contributed by atoms with Gasteiger partial charge >= 0.3 is 0 Å². The molecule has 0 aliphatic carbocycles. The molecule has 2 aromatic rings. The van der Waals surface area contributed by atoms with E-state index in [0.717, 1.165) is 25.6 Å². The second-order valence-corrected chi connectivity index (χ2v) is 11.5. The predicted molar refractivity (Wildman–Crippen MR) is 122 cm³/mol. The van der Waals surface area contributed by atoms with Crippen LogP contribution in [0.3, 0.4) is 0 Å². The molecule has 2 unspecified atom stereocenters. The van der Waals surface area contributed by atoms with Crippen molar-refractivity contribution in [3.63, 3.8) is 0 Å². The Morgan fingerprint density at radius 3 is 2.15 bits per heavy atom. The van der Waals surface area contributed by atoms with E-state index in [9.17, 15) is 5.11 Å². The number of phenolic OH excluding ortho intramolecular Hbond substituents is 1. The average molecular weight is 388 g/mol. The average Bonchev–Trinajstić information content (AvgIpc) is 2.50. The fourth-order valence-electron chi connectivity index (χ4n) is 3.11. The molecule has 0 saturated heterocycles. The van der Waals surface area contributed by atoms with Crippen molar-refractivity contribution < 1.29 is 5.11 Å². The summed E-state index contributed by atoms with van der Waals surface area (Å²) in [5, 5.41) is 13.6. The highest BCUT2D eigenvalue weighted by atomic mass is 31.1. The lowest BCUT2D eigenvalue weighted by atomic mass is 9.80. The Kier molecular flexibility index (Phi) is 6.58. The van der Waals surface area contributed by atoms with E-state index in [2.05, 4.69) is 85.5 Å². The second kappa shape index (κ2) is 8.00. The third kappa shape index (κ3) is 4.88. The summed E-state index contributed by atoms with van der Waals surface area (Å²) < 4.78 is 0. The van der Waals surface area contributed by atoms with Gasteiger partial charge in [-0.25, -0.2) is 0 Å². The summed E-state index contributed by atoms with van der Waals surface area (Å²) in [5.74, 6) is 0.483. The van der Waals surface area contributed by atoms with Gasteiger partial charge in [-0.1, -0.05) is 74.4 Å². The van der Waals surface area contributed by atoms with Crippen molar-refractivity contribution in [1.82, 2.24) is 0 Å². The zero-order chi connectivity index (χ0) is 19.7. The fourth-order valence-corrected chi connectivity index (χ4v) is 5.33. The highest BCUT2D eigenvalue weighted by Crippen LogP contribution is 2.37. The lowest BCUT2D eigenvalue weighted by Crippen LogP contribution is -2.21. The Balaban J connectivity index is 2.64. The van der Waals surface area contributed by atoms with Crippen molar-refractivity contribution in [3.8, 4) is 5.75 Å². The largest absolute Gasteiger partial charge is 0.507 e. The van der Waals surface area contributed by atoms with Gasteiger partial charge in [-0.3, -0.25) is 0 Å². The van der Waals surface area contributed by atoms with E-state index >= 15 is 0 Å². The molecule has 0 saturated carbocycles. The number of benzene rings is 2. The SMILES string of the molecule is CPCc1cccc(C)c1Pc1cc(C(C)(C)C)cc(C(C)(C)C)c1O. The first kappa shape index (κ1) is 21.4. The zero-order valence-corrected chi connectivity index (χ0v) is 19.5. The van der Waals surface area contributed by atoms with E-state index < -0.39 is 0 Å². The van der Waals surface area contributed by atoms with Crippen LogP contribution in [-0.2, 0) is 17.0 Å². The lowest BCUT2D eigenvalue weighted by Gasteiger charge is -2.28. The van der Waals surface area contributed by atoms with E-state index in [1.54, 1.807) is 0 Å². The van der Waals surface area contributed by atoms with Crippen molar-refractivity contribution in [2.24, 2.45) is 0 Å². The number of hydrogen-bond acceptors (Lipinski definition) is 1. The first-order valence-electron chi connectivity index (χ1n) is 9.33. The molecule has 142 valence electrons. The molecular formula is C23H34OP2. The summed E-state index contributed by atoms with van der Waals surface area (Å²) in [5.41, 5.74) is 5.10. The smallest absolute Gasteiger partial charge is 0.127 e. The highest BCUT2D eigenvalue weighted by Gasteiger charge is 2.25. The van der Waals surface area contributed by atoms with Crippen LogP contribution in [0, 0.1) is 6.92 Å². The van der Waals surface area contributed by atoms with Crippen LogP contribution in [0.15, 0.2) is 30.3 Å². The third-order valence-corrected chi connectivity index (χ3v) is 7.12. The maximum absolute atomic E-state index is 11.1. The quantitative estimate of drug-likeness (QED) is 0.663. The Morgan fingerprint density at radius 1 is 0.962 bits per heavy atom. The van der Waals surface area contributed by atoms with Crippen LogP contribution in [0.5, 0.6) is 5.75 Å². The van der Waals surface area contributed by atoms with Gasteiger partial charge in [-0.05, 0) is 58.6 Å². The first-order chi connectivity index (χ1) is 11.9. The van der Waals surface area contributed by atoms with Gasteiger partial charge in [0, 0.05) is 10.9 Å². The summed E-state index contributed by atoms with van der Waals surface area (Å²) in [7, 11) is 1.39. The van der Waals surface area contributed by atoms with E-state index in [1.165, 1.54) is 22.0 Å². The van der Waals surface area contributed by atoms with E-state index in [4.69, 9.17) is 0 Å². The lowest BCUT2D eigenvalue weighted by molar-refractivity contribution is 0.449. The summed E-state index contributed by atoms with van der Waals surface area (Å²) >= 11 is 0. The maximum atomic E-state index is 11.1. The minimum atomic E-state index is -0.0794. The Labute approximate surface area is 163 Å². The summed E-state index contributed by atoms with van der Waals surface area (Å²) in [4.78, 5) is 0. The summed E-state index contributed by atoms with van der Waals surface area (Å²) in [6.45, 7) is 17.7. The van der Waals surface area contributed by atoms with E-state index in [0.29, 0.717) is 14.3 Å². The molecule has 0 fully saturated rings. The standard InChI is InChI=1S/C23H34OP2/c1-15-10-9-11-16(14-25-8)21(15)26-19-13-17(22(2,3)4)12-18(20(19)24)23(5,6)7/h9-13,24-26H,14H2,1-8H3. The molecular weight excluding hydrogens is 354 g/mol. The van der Waals surface area contributed by atoms with Crippen LogP contribution >= 0.6 is 17.2 Å². The van der Waals surface area contributed by atoms with Gasteiger partial charge in [-0.2, -0.15) is 0 Å². The molecule has 2 aromatic carbocycles. The molecule has 0 radical (unpaired) electrons.